The number of aromatic hydroxyl groups is 1. The van der Waals surface area contributed by atoms with E-state index in [4.69, 9.17) is 11.5 Å². The lowest BCUT2D eigenvalue weighted by atomic mass is 9.92. The number of hydrogen-bond acceptors (Lipinski definition) is 21. The van der Waals surface area contributed by atoms with Crippen molar-refractivity contribution in [3.8, 4) is 5.75 Å². The molecule has 19 N–H and O–H groups in total. The molecule has 0 bridgehead atoms. The van der Waals surface area contributed by atoms with Gasteiger partial charge >= 0.3 is 5.97 Å². The largest absolute Gasteiger partial charge is 0.508 e. The second-order valence-corrected chi connectivity index (χ2v) is 31.0. The van der Waals surface area contributed by atoms with Crippen LogP contribution in [-0.2, 0) is 73.6 Å². The molecule has 0 spiro atoms. The number of nitrogens with one attached hydrogen (secondary N) is 13. The van der Waals surface area contributed by atoms with Crippen molar-refractivity contribution < 1.29 is 58.2 Å². The third-order valence-electron chi connectivity index (χ3n) is 20.6. The lowest BCUT2D eigenvalue weighted by Gasteiger charge is -2.32. The van der Waals surface area contributed by atoms with Gasteiger partial charge < -0.3 is 95.0 Å². The number of carboxylic acids is 1. The van der Waals surface area contributed by atoms with Crippen molar-refractivity contribution in [2.75, 3.05) is 39.3 Å². The van der Waals surface area contributed by atoms with Crippen LogP contribution >= 0.6 is 0 Å². The molecule has 112 heavy (non-hydrogen) atoms. The van der Waals surface area contributed by atoms with Gasteiger partial charge in [-0.3, -0.25) is 48.1 Å². The van der Waals surface area contributed by atoms with Crippen molar-refractivity contribution in [2.24, 2.45) is 50.5 Å². The van der Waals surface area contributed by atoms with Gasteiger partial charge in [-0.2, -0.15) is 9.81 Å². The first-order chi connectivity index (χ1) is 53.1. The Kier molecular flexibility index (Phi) is 37.8. The van der Waals surface area contributed by atoms with Crippen LogP contribution in [0.4, 0.5) is 0 Å². The molecule has 4 aromatic rings. The van der Waals surface area contributed by atoms with Gasteiger partial charge in [0.1, 0.15) is 72.2 Å². The number of H-pyrrole nitrogens is 2. The van der Waals surface area contributed by atoms with Gasteiger partial charge in [0.25, 0.3) is 0 Å². The summed E-state index contributed by atoms with van der Waals surface area (Å²) in [5.74, 6) is -9.46. The Morgan fingerprint density at radius 1 is 0.589 bits per heavy atom. The lowest BCUT2D eigenvalue weighted by Crippen LogP contribution is -2.62. The van der Waals surface area contributed by atoms with E-state index in [1.54, 1.807) is 97.9 Å². The minimum atomic E-state index is -1.45. The number of nitroso groups, excluding NO2 is 2. The van der Waals surface area contributed by atoms with Gasteiger partial charge in [-0.05, 0) is 159 Å². The van der Waals surface area contributed by atoms with E-state index in [9.17, 15) is 53.6 Å². The van der Waals surface area contributed by atoms with Crippen LogP contribution in [0.2, 0.25) is 0 Å². The predicted molar refractivity (Wildman–Crippen MR) is 423 cm³/mol. The third kappa shape index (κ3) is 30.8. The number of nitrogens with zero attached hydrogens (tertiary/aromatic N) is 6. The third-order valence-corrected chi connectivity index (χ3v) is 20.6. The van der Waals surface area contributed by atoms with Crippen molar-refractivity contribution in [2.45, 2.75) is 244 Å². The Hall–Kier alpha value is -10.3. The van der Waals surface area contributed by atoms with Crippen LogP contribution in [0.3, 0.4) is 0 Å². The summed E-state index contributed by atoms with van der Waals surface area (Å²) < 4.78 is 0. The van der Waals surface area contributed by atoms with Crippen LogP contribution in [0.25, 0.3) is 0 Å². The van der Waals surface area contributed by atoms with Gasteiger partial charge in [-0.25, -0.2) is 14.8 Å². The van der Waals surface area contributed by atoms with Gasteiger partial charge in [0.15, 0.2) is 5.96 Å². The van der Waals surface area contributed by atoms with Gasteiger partial charge in [-0.15, -0.1) is 0 Å². The van der Waals surface area contributed by atoms with E-state index in [-0.39, 0.29) is 94.5 Å². The molecule has 0 radical (unpaired) electrons. The second-order valence-electron chi connectivity index (χ2n) is 31.0. The zero-order valence-corrected chi connectivity index (χ0v) is 66.7. The molecule has 618 valence electrons. The molecule has 5 rings (SSSR count). The smallest absolute Gasteiger partial charge is 0.326 e. The van der Waals surface area contributed by atoms with Crippen LogP contribution in [0, 0.1) is 33.5 Å². The average Bonchev–Trinajstić information content (AvgIpc) is 1.66. The number of phenols is 1. The van der Waals surface area contributed by atoms with Crippen molar-refractivity contribution in [1.29, 1.82) is 0 Å². The Balaban J connectivity index is 1.36. The number of aromatic amines is 2. The maximum atomic E-state index is 15.2. The molecule has 3 unspecified atom stereocenters. The van der Waals surface area contributed by atoms with E-state index in [1.165, 1.54) is 42.1 Å². The Morgan fingerprint density at radius 2 is 1.08 bits per heavy atom. The first-order valence-electron chi connectivity index (χ1n) is 38.7. The number of aliphatic imine (C=N–C) groups is 1. The fourth-order valence-electron chi connectivity index (χ4n) is 12.8. The molecule has 1 aliphatic rings. The van der Waals surface area contributed by atoms with Gasteiger partial charge in [0.05, 0.1) is 19.2 Å². The summed E-state index contributed by atoms with van der Waals surface area (Å²) >= 11 is 0. The number of hydrogen-bond donors (Lipinski definition) is 17. The number of aromatic nitrogens is 4. The molecule has 2 aromatic heterocycles. The summed E-state index contributed by atoms with van der Waals surface area (Å²) in [5.41, 5.74) is 12.1. The van der Waals surface area contributed by atoms with Gasteiger partial charge in [-0.1, -0.05) is 101 Å². The normalized spacial score (nSPS) is 16.3. The Morgan fingerprint density at radius 3 is 1.61 bits per heavy atom. The summed E-state index contributed by atoms with van der Waals surface area (Å²) in [6, 6.07) is 1.76. The molecule has 35 heteroatoms. The molecule has 35 nitrogen and oxygen atoms in total. The van der Waals surface area contributed by atoms with E-state index >= 15 is 14.4 Å². The summed E-state index contributed by atoms with van der Waals surface area (Å²) in [6.45, 7) is 23.1. The highest BCUT2D eigenvalue weighted by Gasteiger charge is 2.42. The van der Waals surface area contributed by atoms with E-state index in [0.29, 0.717) is 74.3 Å². The maximum absolute atomic E-state index is 15.2. The fourth-order valence-corrected chi connectivity index (χ4v) is 12.8. The van der Waals surface area contributed by atoms with Crippen LogP contribution in [-0.4, -0.2) is 217 Å². The second kappa shape index (κ2) is 45.9. The lowest BCUT2D eigenvalue weighted by molar-refractivity contribution is -0.143. The number of phenolic OH excluding ortho intramolecular Hbond substituents is 1. The predicted octanol–water partition coefficient (Wildman–Crippen LogP) is 2.29. The van der Waals surface area contributed by atoms with Crippen LogP contribution in [0.5, 0.6) is 5.75 Å². The number of carbonyl (C=O) groups is 10. The minimum absolute atomic E-state index is 0.0351. The summed E-state index contributed by atoms with van der Waals surface area (Å²) in [4.78, 5) is 186. The zero-order chi connectivity index (χ0) is 82.8. The molecule has 12 atom stereocenters. The van der Waals surface area contributed by atoms with Crippen molar-refractivity contribution in [3.05, 3.63) is 112 Å². The number of benzene rings is 2. The average molecular weight is 1560 g/mol. The highest BCUT2D eigenvalue weighted by molar-refractivity contribution is 5.99. The number of guanidine groups is 1. The molecule has 9 amide bonds. The van der Waals surface area contributed by atoms with Crippen LogP contribution < -0.4 is 70.0 Å². The van der Waals surface area contributed by atoms with Crippen molar-refractivity contribution in [1.82, 2.24) is 83.3 Å². The molecule has 1 saturated heterocycles. The number of rotatable bonds is 51. The number of imidazole rings is 2. The molecule has 0 aliphatic carbocycles. The summed E-state index contributed by atoms with van der Waals surface area (Å²) in [7, 11) is 0. The molecular weight excluding hydrogens is 1440 g/mol. The first-order valence-corrected chi connectivity index (χ1v) is 38.7. The topological polar surface area (TPSA) is 527 Å². The van der Waals surface area contributed by atoms with E-state index in [0.717, 1.165) is 0 Å². The van der Waals surface area contributed by atoms with Crippen molar-refractivity contribution in [3.63, 3.8) is 0 Å². The highest BCUT2D eigenvalue weighted by Crippen LogP contribution is 2.24. The standard InChI is InChI=1S/C77H121N21O14/c1-13-47(6)65(72(107)92-60(39-54-41-82-44-85-54)73(108)98-34-18-22-62(98)70(105)90-57(36-51-19-15-14-16-20-51)67(102)89-59(38-53-40-81-43-84-53)68(103)93-61(74(109)110)35-45(2)3)95-69(104)58(37-52-23-25-55(99)26-24-52)91-71(106)64(46(4)5)94-66(101)56(21-17-30-83-75(78)79)88-63(100)42-80-31-27-50(28-32-86-76(9,10)48(7)96-111)29-33-87-77(11,12)49(8)97-112/h14-16,19-20,23-26,40-41,43-50,56-62,64-65,80,86-87,99H,13,17-18,21-22,27-39,42H2,1-12H3,(H,81,84)(H,82,85)(H,88,100)(H,89,102)(H,90,105)(H,91,106)(H,92,107)(H,93,103)(H,94,101)(H,95,104)(H,109,110)(H4,78,79,83)/t47?,48?,49?,50?,56-,57-,58-,59-,60-,61-,62-,64-,65-/m0/s1. The number of aliphatic carboxylic acids is 1. The van der Waals surface area contributed by atoms with E-state index in [2.05, 4.69) is 93.8 Å². The van der Waals surface area contributed by atoms with Crippen molar-refractivity contribution >= 4 is 65.1 Å². The quantitative estimate of drug-likeness (QED) is 0.0130. The maximum Gasteiger partial charge on any atom is 0.326 e. The SMILES string of the molecule is CCC(C)[C@H](NC(=O)[C@H](Cc1ccc(O)cc1)NC(=O)[C@@H](NC(=O)[C@H](CCCN=C(N)N)NC(=O)CNCCC(CCNC(C)(C)C(C)N=O)CCNC(C)(C)C(C)N=O)C(C)C)C(=O)N[C@@H](Cc1cnc[nH]1)C(=O)N1CCC[C@H]1C(=O)N[C@@H](Cc1ccccc1)C(=O)N[C@@H](Cc1cnc[nH]1)C(=O)N[C@@H](CC(C)C)C(=O)O. The summed E-state index contributed by atoms with van der Waals surface area (Å²) in [6.07, 6.45) is 8.35. The number of nitrogens with two attached hydrogens (primary N) is 2. The molecular formula is C77H121N21O14. The monoisotopic (exact) mass is 1560 g/mol. The van der Waals surface area contributed by atoms with Crippen LogP contribution in [0.1, 0.15) is 163 Å². The van der Waals surface area contributed by atoms with Gasteiger partial charge in [0, 0.05) is 73.6 Å². The Bertz CT molecular complexity index is 3660. The summed E-state index contributed by atoms with van der Waals surface area (Å²) in [5, 5.41) is 59.0. The number of carbonyl (C=O) groups excluding carboxylic acids is 9. The molecule has 0 saturated carbocycles. The molecule has 1 fully saturated rings. The zero-order valence-electron chi connectivity index (χ0n) is 66.7. The number of likely N-dealkylation sites (tertiary alicyclic amines) is 1. The number of amides is 9. The minimum Gasteiger partial charge on any atom is -0.508 e. The number of carboxylic acid groups (broad SMARTS) is 1. The van der Waals surface area contributed by atoms with Crippen LogP contribution in [0.15, 0.2) is 95.0 Å². The first kappa shape index (κ1) is 92.3. The molecule has 3 heterocycles. The highest BCUT2D eigenvalue weighted by atomic mass is 16.4. The van der Waals surface area contributed by atoms with E-state index in [1.807, 2.05) is 27.7 Å². The molecule has 2 aromatic carbocycles. The van der Waals surface area contributed by atoms with Gasteiger partial charge in [0.2, 0.25) is 53.2 Å². The Labute approximate surface area is 655 Å². The van der Waals surface area contributed by atoms with E-state index < -0.39 is 149 Å². The fraction of sp³-hybridized carbons (Fsp3) is 0.623. The molecule has 1 aliphatic heterocycles.